The summed E-state index contributed by atoms with van der Waals surface area (Å²) in [7, 11) is -4.28. The zero-order valence-electron chi connectivity index (χ0n) is 25.0. The van der Waals surface area contributed by atoms with Gasteiger partial charge in [0.2, 0.25) is 20.9 Å². The van der Waals surface area contributed by atoms with Crippen molar-refractivity contribution in [3.05, 3.63) is 132 Å². The van der Waals surface area contributed by atoms with Crippen LogP contribution in [0.25, 0.3) is 0 Å². The smallest absolute Gasteiger partial charge is 0.233 e. The number of aliphatic imine (C=N–C) groups is 1. The van der Waals surface area contributed by atoms with Crippen molar-refractivity contribution in [3.63, 3.8) is 0 Å². The Morgan fingerprint density at radius 3 is 2.21 bits per heavy atom. The van der Waals surface area contributed by atoms with Crippen molar-refractivity contribution < 1.29 is 25.2 Å². The molecule has 3 aromatic carbocycles. The molecule has 1 fully saturated rings. The van der Waals surface area contributed by atoms with Gasteiger partial charge in [0.1, 0.15) is 22.3 Å². The predicted molar refractivity (Wildman–Crippen MR) is 178 cm³/mol. The molecule has 1 saturated heterocycles. The summed E-state index contributed by atoms with van der Waals surface area (Å²) in [6.45, 7) is 1.35. The standard InChI is InChI=1S/C33H31N5O6S3/c39-45(26-14-6-2-7-15-26)44-33(31-36-19-20-37-31)28(24-11-10-18-34-23-24)29(47(41,42)27-16-8-3-9-17-27)30-35-21-22-38(30)32(33)46(40)43-25-12-4-1-5-13-25/h1-18,23,28,32,35H,19-22H2,(H,36,37)/t28-,32-,33+,45-,46+/m1/s1. The lowest BCUT2D eigenvalue weighted by Gasteiger charge is -2.51. The summed E-state index contributed by atoms with van der Waals surface area (Å²) >= 11 is -4.41. The fraction of sp³-hybridized carbons (Fsp3) is 0.212. The normalized spacial score (nSPS) is 23.7. The third-order valence-electron chi connectivity index (χ3n) is 8.16. The van der Waals surface area contributed by atoms with Crippen LogP contribution in [-0.4, -0.2) is 69.7 Å². The molecule has 0 unspecified atom stereocenters. The third-order valence-corrected chi connectivity index (χ3v) is 12.5. The zero-order chi connectivity index (χ0) is 32.4. The number of rotatable bonds is 10. The molecule has 11 nitrogen and oxygen atoms in total. The molecule has 0 aliphatic carbocycles. The molecule has 1 aromatic heterocycles. The van der Waals surface area contributed by atoms with E-state index in [1.807, 2.05) is 6.07 Å². The van der Waals surface area contributed by atoms with Gasteiger partial charge in [-0.25, -0.2) is 16.8 Å². The number of fused-ring (bicyclic) bond motifs is 1. The van der Waals surface area contributed by atoms with Gasteiger partial charge in [0.25, 0.3) is 0 Å². The summed E-state index contributed by atoms with van der Waals surface area (Å²) in [5.74, 6) is -0.412. The number of pyridine rings is 1. The van der Waals surface area contributed by atoms with Gasteiger partial charge in [-0.05, 0) is 48.0 Å². The molecule has 0 spiro atoms. The summed E-state index contributed by atoms with van der Waals surface area (Å²) in [6.07, 6.45) is 3.13. The predicted octanol–water partition coefficient (Wildman–Crippen LogP) is 3.28. The Kier molecular flexibility index (Phi) is 8.66. The molecule has 2 N–H and O–H groups in total. The SMILES string of the molecule is O=[S@](O[C@@]1(C2=NCCN2)[C@@H]([S@@](=O)Oc2ccccc2)N2CCNC2=C(S(=O)(=O)c2ccccc2)[C@H]1c1cccnc1)c1ccccc1. The second-order valence-corrected chi connectivity index (χ2v) is 15.1. The summed E-state index contributed by atoms with van der Waals surface area (Å²) in [6, 6.07) is 28.8. The van der Waals surface area contributed by atoms with Gasteiger partial charge in [0.15, 0.2) is 22.1 Å². The van der Waals surface area contributed by atoms with Gasteiger partial charge >= 0.3 is 0 Å². The number of benzene rings is 3. The van der Waals surface area contributed by atoms with Crippen LogP contribution in [0.4, 0.5) is 0 Å². The minimum absolute atomic E-state index is 0.0383. The van der Waals surface area contributed by atoms with E-state index in [1.165, 1.54) is 12.1 Å². The highest BCUT2D eigenvalue weighted by atomic mass is 32.2. The first kappa shape index (κ1) is 31.2. The van der Waals surface area contributed by atoms with Crippen LogP contribution in [0.5, 0.6) is 5.75 Å². The molecule has 4 aromatic rings. The maximum absolute atomic E-state index is 14.9. The molecule has 47 heavy (non-hydrogen) atoms. The number of nitrogens with zero attached hydrogens (tertiary/aromatic N) is 3. The van der Waals surface area contributed by atoms with Gasteiger partial charge in [-0.3, -0.25) is 14.2 Å². The average Bonchev–Trinajstić information content (AvgIpc) is 3.83. The summed E-state index contributed by atoms with van der Waals surface area (Å²) < 4.78 is 71.8. The van der Waals surface area contributed by atoms with Crippen molar-refractivity contribution in [2.45, 2.75) is 26.7 Å². The minimum atomic E-state index is -4.28. The van der Waals surface area contributed by atoms with Gasteiger partial charge in [0.05, 0.1) is 22.3 Å². The fourth-order valence-electron chi connectivity index (χ4n) is 6.24. The molecule has 0 amide bonds. The number of amidine groups is 1. The summed E-state index contributed by atoms with van der Waals surface area (Å²) in [5.41, 5.74) is -1.52. The van der Waals surface area contributed by atoms with Crippen LogP contribution in [-0.2, 0) is 36.2 Å². The number of hydrogen-bond acceptors (Lipinski definition) is 11. The lowest BCUT2D eigenvalue weighted by molar-refractivity contribution is 0.0665. The second-order valence-electron chi connectivity index (χ2n) is 11.0. The van der Waals surface area contributed by atoms with Gasteiger partial charge in [-0.2, -0.15) is 0 Å². The zero-order valence-corrected chi connectivity index (χ0v) is 27.4. The maximum atomic E-state index is 14.9. The first-order valence-electron chi connectivity index (χ1n) is 14.9. The molecule has 0 radical (unpaired) electrons. The van der Waals surface area contributed by atoms with Crippen LogP contribution in [0.1, 0.15) is 11.5 Å². The van der Waals surface area contributed by atoms with Crippen molar-refractivity contribution in [2.24, 2.45) is 4.99 Å². The average molecular weight is 690 g/mol. The van der Waals surface area contributed by atoms with Gasteiger partial charge in [0, 0.05) is 32.0 Å². The van der Waals surface area contributed by atoms with Crippen molar-refractivity contribution in [1.82, 2.24) is 20.5 Å². The van der Waals surface area contributed by atoms with Crippen LogP contribution in [0.15, 0.2) is 141 Å². The Labute approximate surface area is 278 Å². The van der Waals surface area contributed by atoms with Gasteiger partial charge in [-0.1, -0.05) is 60.7 Å². The minimum Gasteiger partial charge on any atom is -0.399 e. The summed E-state index contributed by atoms with van der Waals surface area (Å²) in [5, 5.41) is 5.32. The monoisotopic (exact) mass is 689 g/mol. The van der Waals surface area contributed by atoms with Crippen LogP contribution in [0.3, 0.4) is 0 Å². The highest BCUT2D eigenvalue weighted by molar-refractivity contribution is 7.95. The van der Waals surface area contributed by atoms with E-state index in [1.54, 1.807) is 102 Å². The van der Waals surface area contributed by atoms with Crippen molar-refractivity contribution in [3.8, 4) is 5.75 Å². The summed E-state index contributed by atoms with van der Waals surface area (Å²) in [4.78, 5) is 11.2. The van der Waals surface area contributed by atoms with E-state index in [-0.39, 0.29) is 28.0 Å². The first-order chi connectivity index (χ1) is 22.9. The van der Waals surface area contributed by atoms with Crippen LogP contribution < -0.4 is 14.8 Å². The fourth-order valence-corrected chi connectivity index (χ4v) is 10.5. The molecule has 7 rings (SSSR count). The van der Waals surface area contributed by atoms with Gasteiger partial charge in [-0.15, -0.1) is 0 Å². The van der Waals surface area contributed by atoms with Crippen LogP contribution >= 0.6 is 0 Å². The van der Waals surface area contributed by atoms with Crippen molar-refractivity contribution in [2.75, 3.05) is 26.2 Å². The van der Waals surface area contributed by atoms with Crippen LogP contribution in [0, 0.1) is 0 Å². The Balaban J connectivity index is 1.55. The molecule has 3 aliphatic heterocycles. The maximum Gasteiger partial charge on any atom is 0.233 e. The number of hydrogen-bond donors (Lipinski definition) is 2. The number of sulfone groups is 1. The Bertz CT molecular complexity index is 1970. The van der Waals surface area contributed by atoms with E-state index in [0.29, 0.717) is 35.8 Å². The Morgan fingerprint density at radius 2 is 1.55 bits per heavy atom. The molecular formula is C33H31N5O6S3. The molecular weight excluding hydrogens is 659 g/mol. The van der Waals surface area contributed by atoms with E-state index in [0.717, 1.165) is 0 Å². The number of para-hydroxylation sites is 1. The van der Waals surface area contributed by atoms with E-state index in [2.05, 4.69) is 15.6 Å². The first-order valence-corrected chi connectivity index (χ1v) is 18.6. The molecule has 14 heteroatoms. The van der Waals surface area contributed by atoms with Crippen molar-refractivity contribution >= 4 is 37.8 Å². The molecule has 0 saturated carbocycles. The lowest BCUT2D eigenvalue weighted by Crippen LogP contribution is -2.69. The Morgan fingerprint density at radius 1 is 0.851 bits per heavy atom. The molecule has 5 atom stereocenters. The number of nitrogens with one attached hydrogen (secondary N) is 2. The van der Waals surface area contributed by atoms with E-state index >= 15 is 0 Å². The van der Waals surface area contributed by atoms with Crippen LogP contribution in [0.2, 0.25) is 0 Å². The quantitative estimate of drug-likeness (QED) is 0.255. The molecule has 242 valence electrons. The topological polar surface area (TPSA) is 139 Å². The largest absolute Gasteiger partial charge is 0.399 e. The highest BCUT2D eigenvalue weighted by Crippen LogP contribution is 2.53. The lowest BCUT2D eigenvalue weighted by atomic mass is 9.78. The van der Waals surface area contributed by atoms with Crippen molar-refractivity contribution in [1.29, 1.82) is 0 Å². The molecule has 3 aliphatic rings. The van der Waals surface area contributed by atoms with E-state index in [9.17, 15) is 16.8 Å². The molecule has 0 bridgehead atoms. The molecule has 4 heterocycles. The highest BCUT2D eigenvalue weighted by Gasteiger charge is 2.66. The Hall–Kier alpha value is -4.37. The number of aromatic nitrogens is 1. The van der Waals surface area contributed by atoms with E-state index in [4.69, 9.17) is 13.4 Å². The van der Waals surface area contributed by atoms with Gasteiger partial charge < -0.3 is 19.7 Å². The van der Waals surface area contributed by atoms with E-state index < -0.39 is 48.9 Å². The second kappa shape index (κ2) is 13.0. The third kappa shape index (κ3) is 5.64.